The molecule has 0 heterocycles. The first-order chi connectivity index (χ1) is 8.07. The lowest BCUT2D eigenvalue weighted by atomic mass is 9.99. The van der Waals surface area contributed by atoms with Crippen molar-refractivity contribution in [1.82, 2.24) is 0 Å². The smallest absolute Gasteiger partial charge is 0.119 e. The van der Waals surface area contributed by atoms with Gasteiger partial charge >= 0.3 is 0 Å². The molecule has 0 radical (unpaired) electrons. The van der Waals surface area contributed by atoms with E-state index in [1.165, 1.54) is 0 Å². The summed E-state index contributed by atoms with van der Waals surface area (Å²) in [6, 6.07) is 7.45. The van der Waals surface area contributed by atoms with Crippen LogP contribution in [0.1, 0.15) is 19.8 Å². The summed E-state index contributed by atoms with van der Waals surface area (Å²) in [5, 5.41) is 8.99. The summed E-state index contributed by atoms with van der Waals surface area (Å²) in [5.41, 5.74) is 5.30. The van der Waals surface area contributed by atoms with Crippen molar-refractivity contribution in [1.29, 1.82) is 0 Å². The highest BCUT2D eigenvalue weighted by atomic mass is 16.5. The van der Waals surface area contributed by atoms with Crippen LogP contribution in [-0.2, 0) is 0 Å². The summed E-state index contributed by atoms with van der Waals surface area (Å²) in [5.74, 6) is 1.63. The minimum absolute atomic E-state index is 0.00443. The predicted octanol–water partition coefficient (Wildman–Crippen LogP) is 1.56. The molecule has 1 unspecified atom stereocenters. The molecule has 4 heteroatoms. The maximum atomic E-state index is 8.99. The van der Waals surface area contributed by atoms with E-state index in [9.17, 15) is 0 Å². The summed E-state index contributed by atoms with van der Waals surface area (Å²) >= 11 is 0. The molecule has 1 atom stereocenters. The van der Waals surface area contributed by atoms with Crippen molar-refractivity contribution in [2.45, 2.75) is 25.3 Å². The number of hydrogen-bond donors (Lipinski definition) is 2. The van der Waals surface area contributed by atoms with Crippen molar-refractivity contribution in [2.75, 3.05) is 20.3 Å². The highest BCUT2D eigenvalue weighted by Gasteiger charge is 2.15. The van der Waals surface area contributed by atoms with Crippen LogP contribution in [0, 0.1) is 0 Å². The van der Waals surface area contributed by atoms with E-state index in [0.717, 1.165) is 24.3 Å². The molecule has 1 aromatic rings. The molecule has 0 bridgehead atoms. The van der Waals surface area contributed by atoms with Crippen molar-refractivity contribution in [2.24, 2.45) is 5.73 Å². The highest BCUT2D eigenvalue weighted by Crippen LogP contribution is 2.17. The monoisotopic (exact) mass is 239 g/mol. The van der Waals surface area contributed by atoms with E-state index in [1.54, 1.807) is 7.11 Å². The molecule has 0 saturated carbocycles. The van der Waals surface area contributed by atoms with Crippen LogP contribution in [0.15, 0.2) is 24.3 Å². The maximum absolute atomic E-state index is 8.99. The van der Waals surface area contributed by atoms with E-state index in [-0.39, 0.29) is 6.61 Å². The van der Waals surface area contributed by atoms with E-state index in [1.807, 2.05) is 31.2 Å². The Labute approximate surface area is 102 Å². The lowest BCUT2D eigenvalue weighted by molar-refractivity contribution is 0.188. The molecule has 0 aliphatic heterocycles. The van der Waals surface area contributed by atoms with Crippen LogP contribution in [0.3, 0.4) is 0 Å². The minimum Gasteiger partial charge on any atom is -0.497 e. The summed E-state index contributed by atoms with van der Waals surface area (Å²) in [6.07, 6.45) is 1.55. The van der Waals surface area contributed by atoms with Gasteiger partial charge in [0.25, 0.3) is 0 Å². The minimum atomic E-state index is -0.511. The highest BCUT2D eigenvalue weighted by molar-refractivity contribution is 5.31. The zero-order valence-corrected chi connectivity index (χ0v) is 10.5. The second-order valence-corrected chi connectivity index (χ2v) is 4.44. The van der Waals surface area contributed by atoms with Crippen molar-refractivity contribution in [3.8, 4) is 11.5 Å². The Bertz CT molecular complexity index is 322. The number of aliphatic hydroxyl groups is 1. The van der Waals surface area contributed by atoms with Gasteiger partial charge in [0.05, 0.1) is 20.3 Å². The first-order valence-electron chi connectivity index (χ1n) is 5.74. The molecular formula is C13H21NO3. The topological polar surface area (TPSA) is 64.7 Å². The van der Waals surface area contributed by atoms with Crippen molar-refractivity contribution < 1.29 is 14.6 Å². The van der Waals surface area contributed by atoms with Crippen LogP contribution >= 0.6 is 0 Å². The Morgan fingerprint density at radius 3 is 2.35 bits per heavy atom. The molecule has 0 aromatic heterocycles. The van der Waals surface area contributed by atoms with Gasteiger partial charge < -0.3 is 20.3 Å². The molecule has 4 nitrogen and oxygen atoms in total. The van der Waals surface area contributed by atoms with Gasteiger partial charge in [-0.2, -0.15) is 0 Å². The fourth-order valence-corrected chi connectivity index (χ4v) is 1.42. The van der Waals surface area contributed by atoms with Gasteiger partial charge in [-0.05, 0) is 44.0 Å². The number of hydrogen-bond acceptors (Lipinski definition) is 4. The molecule has 96 valence electrons. The average Bonchev–Trinajstić information content (AvgIpc) is 2.35. The normalized spacial score (nSPS) is 14.1. The van der Waals surface area contributed by atoms with Crippen molar-refractivity contribution in [3.63, 3.8) is 0 Å². The van der Waals surface area contributed by atoms with E-state index < -0.39 is 5.54 Å². The van der Waals surface area contributed by atoms with Gasteiger partial charge in [0, 0.05) is 5.54 Å². The van der Waals surface area contributed by atoms with Gasteiger partial charge in [-0.3, -0.25) is 0 Å². The van der Waals surface area contributed by atoms with Crippen LogP contribution < -0.4 is 15.2 Å². The maximum Gasteiger partial charge on any atom is 0.119 e. The lowest BCUT2D eigenvalue weighted by Gasteiger charge is -2.21. The molecule has 0 spiro atoms. The second kappa shape index (κ2) is 6.47. The average molecular weight is 239 g/mol. The first kappa shape index (κ1) is 13.8. The van der Waals surface area contributed by atoms with Crippen LogP contribution in [0.2, 0.25) is 0 Å². The molecule has 3 N–H and O–H groups in total. The Morgan fingerprint density at radius 2 is 1.82 bits per heavy atom. The van der Waals surface area contributed by atoms with Gasteiger partial charge in [-0.25, -0.2) is 0 Å². The fourth-order valence-electron chi connectivity index (χ4n) is 1.42. The molecule has 0 amide bonds. The van der Waals surface area contributed by atoms with Gasteiger partial charge in [-0.15, -0.1) is 0 Å². The van der Waals surface area contributed by atoms with Crippen LogP contribution in [0.5, 0.6) is 11.5 Å². The van der Waals surface area contributed by atoms with Crippen molar-refractivity contribution in [3.05, 3.63) is 24.3 Å². The Morgan fingerprint density at radius 1 is 1.24 bits per heavy atom. The zero-order chi connectivity index (χ0) is 12.7. The van der Waals surface area contributed by atoms with E-state index >= 15 is 0 Å². The lowest BCUT2D eigenvalue weighted by Crippen LogP contribution is -2.40. The van der Waals surface area contributed by atoms with Gasteiger partial charge in [-0.1, -0.05) is 0 Å². The number of methoxy groups -OCH3 is 1. The number of rotatable bonds is 7. The molecule has 0 fully saturated rings. The first-order valence-corrected chi connectivity index (χ1v) is 5.74. The quantitative estimate of drug-likeness (QED) is 0.709. The largest absolute Gasteiger partial charge is 0.497 e. The van der Waals surface area contributed by atoms with Crippen molar-refractivity contribution >= 4 is 0 Å². The Kier molecular flexibility index (Phi) is 5.25. The predicted molar refractivity (Wildman–Crippen MR) is 67.4 cm³/mol. The van der Waals surface area contributed by atoms with Gasteiger partial charge in [0.15, 0.2) is 0 Å². The number of benzene rings is 1. The third-order valence-electron chi connectivity index (χ3n) is 2.58. The molecular weight excluding hydrogens is 218 g/mol. The molecule has 17 heavy (non-hydrogen) atoms. The standard InChI is InChI=1S/C13H21NO3/c1-13(14,10-15)8-3-9-17-12-6-4-11(16-2)5-7-12/h4-7,15H,3,8-10,14H2,1-2H3. The molecule has 0 saturated heterocycles. The van der Waals surface area contributed by atoms with Crippen LogP contribution in [-0.4, -0.2) is 31.0 Å². The molecule has 0 aliphatic rings. The third-order valence-corrected chi connectivity index (χ3v) is 2.58. The third kappa shape index (κ3) is 5.06. The van der Waals surface area contributed by atoms with Gasteiger partial charge in [0.1, 0.15) is 11.5 Å². The van der Waals surface area contributed by atoms with Crippen LogP contribution in [0.4, 0.5) is 0 Å². The Balaban J connectivity index is 2.26. The zero-order valence-electron chi connectivity index (χ0n) is 10.5. The van der Waals surface area contributed by atoms with E-state index in [0.29, 0.717) is 6.61 Å². The number of aliphatic hydroxyl groups excluding tert-OH is 1. The molecule has 0 aliphatic carbocycles. The summed E-state index contributed by atoms with van der Waals surface area (Å²) in [7, 11) is 1.63. The van der Waals surface area contributed by atoms with E-state index in [2.05, 4.69) is 0 Å². The number of ether oxygens (including phenoxy) is 2. The van der Waals surface area contributed by atoms with Crippen LogP contribution in [0.25, 0.3) is 0 Å². The Hall–Kier alpha value is -1.26. The van der Waals surface area contributed by atoms with E-state index in [4.69, 9.17) is 20.3 Å². The fraction of sp³-hybridized carbons (Fsp3) is 0.538. The molecule has 1 aromatic carbocycles. The SMILES string of the molecule is COc1ccc(OCCCC(C)(N)CO)cc1. The van der Waals surface area contributed by atoms with Gasteiger partial charge in [0.2, 0.25) is 0 Å². The second-order valence-electron chi connectivity index (χ2n) is 4.44. The molecule has 1 rings (SSSR count). The summed E-state index contributed by atoms with van der Waals surface area (Å²) in [4.78, 5) is 0. The summed E-state index contributed by atoms with van der Waals surface area (Å²) < 4.78 is 10.6. The number of nitrogens with two attached hydrogens (primary N) is 1. The summed E-state index contributed by atoms with van der Waals surface area (Å²) in [6.45, 7) is 2.43.